The lowest BCUT2D eigenvalue weighted by atomic mass is 9.88. The maximum atomic E-state index is 12.7. The molecule has 154 valence electrons. The Bertz CT molecular complexity index is 1160. The lowest BCUT2D eigenvalue weighted by Crippen LogP contribution is -2.19. The maximum absolute atomic E-state index is 12.7. The Morgan fingerprint density at radius 1 is 1.30 bits per heavy atom. The molecule has 0 bridgehead atoms. The number of rotatable bonds is 5. The second kappa shape index (κ2) is 7.75. The molecule has 2 heterocycles. The van der Waals surface area contributed by atoms with Crippen LogP contribution in [0.3, 0.4) is 0 Å². The molecule has 0 unspecified atom stereocenters. The Labute approximate surface area is 175 Å². The largest absolute Gasteiger partial charge is 0.451 e. The molecule has 9 heteroatoms. The number of primary amides is 1. The van der Waals surface area contributed by atoms with Crippen molar-refractivity contribution in [2.24, 2.45) is 11.7 Å². The number of carbonyl (C=O) groups excluding carboxylic acids is 2. The fraction of sp³-hybridized carbons (Fsp3) is 0.238. The smallest absolute Gasteiger partial charge is 0.292 e. The zero-order valence-corrected chi connectivity index (χ0v) is 17.0. The Balaban J connectivity index is 1.59. The molecule has 0 saturated heterocycles. The van der Waals surface area contributed by atoms with E-state index in [1.54, 1.807) is 18.2 Å². The molecule has 1 aliphatic rings. The number of benzene rings is 1. The summed E-state index contributed by atoms with van der Waals surface area (Å²) in [7, 11) is 0. The Kier molecular flexibility index (Phi) is 5.13. The summed E-state index contributed by atoms with van der Waals surface area (Å²) >= 11 is 1.38. The molecule has 2 aromatic heterocycles. The van der Waals surface area contributed by atoms with Crippen LogP contribution >= 0.6 is 11.3 Å². The van der Waals surface area contributed by atoms with Gasteiger partial charge in [0.05, 0.1) is 10.5 Å². The summed E-state index contributed by atoms with van der Waals surface area (Å²) in [5.74, 6) is -0.192. The molecule has 1 atom stereocenters. The van der Waals surface area contributed by atoms with Crippen molar-refractivity contribution in [3.63, 3.8) is 0 Å². The van der Waals surface area contributed by atoms with Crippen LogP contribution in [0.4, 0.5) is 10.7 Å². The van der Waals surface area contributed by atoms with E-state index in [-0.39, 0.29) is 11.4 Å². The monoisotopic (exact) mass is 425 g/mol. The summed E-state index contributed by atoms with van der Waals surface area (Å²) in [6.45, 7) is 2.16. The van der Waals surface area contributed by atoms with E-state index in [4.69, 9.17) is 10.2 Å². The van der Waals surface area contributed by atoms with E-state index in [1.165, 1.54) is 29.5 Å². The Morgan fingerprint density at radius 3 is 2.83 bits per heavy atom. The minimum absolute atomic E-state index is 0.0340. The van der Waals surface area contributed by atoms with Gasteiger partial charge in [-0.2, -0.15) is 0 Å². The predicted octanol–water partition coefficient (Wildman–Crippen LogP) is 4.39. The summed E-state index contributed by atoms with van der Waals surface area (Å²) in [6, 6.07) is 9.03. The number of nitrogens with two attached hydrogens (primary N) is 1. The fourth-order valence-electron chi connectivity index (χ4n) is 3.65. The van der Waals surface area contributed by atoms with E-state index < -0.39 is 16.7 Å². The van der Waals surface area contributed by atoms with Gasteiger partial charge in [-0.1, -0.05) is 19.1 Å². The molecule has 0 fully saturated rings. The third-order valence-electron chi connectivity index (χ3n) is 5.16. The van der Waals surface area contributed by atoms with Crippen LogP contribution in [-0.2, 0) is 12.8 Å². The van der Waals surface area contributed by atoms with Crippen molar-refractivity contribution in [2.45, 2.75) is 26.2 Å². The second-order valence-corrected chi connectivity index (χ2v) is 8.45. The number of fused-ring (bicyclic) bond motifs is 1. The van der Waals surface area contributed by atoms with Crippen LogP contribution in [0, 0.1) is 16.0 Å². The molecular weight excluding hydrogens is 406 g/mol. The van der Waals surface area contributed by atoms with Crippen LogP contribution in [0.5, 0.6) is 0 Å². The van der Waals surface area contributed by atoms with Crippen molar-refractivity contribution in [1.82, 2.24) is 0 Å². The van der Waals surface area contributed by atoms with Crippen LogP contribution in [0.1, 0.15) is 44.7 Å². The summed E-state index contributed by atoms with van der Waals surface area (Å²) in [5.41, 5.74) is 7.31. The average molecular weight is 425 g/mol. The average Bonchev–Trinajstić information content (AvgIpc) is 3.32. The lowest BCUT2D eigenvalue weighted by Gasteiger charge is -2.18. The number of thiophene rings is 1. The molecule has 3 aromatic rings. The number of anilines is 1. The highest BCUT2D eigenvalue weighted by atomic mass is 32.1. The first-order valence-electron chi connectivity index (χ1n) is 9.44. The SMILES string of the molecule is C[C@H]1CCc2c(sc(NC(=O)c3ccc(-c4cccc([N+](=O)[O-])c4)o3)c2C(N)=O)C1. The number of non-ortho nitro benzene ring substituents is 1. The van der Waals surface area contributed by atoms with Gasteiger partial charge in [-0.25, -0.2) is 0 Å². The highest BCUT2D eigenvalue weighted by Crippen LogP contribution is 2.39. The van der Waals surface area contributed by atoms with E-state index >= 15 is 0 Å². The topological polar surface area (TPSA) is 128 Å². The molecule has 0 spiro atoms. The molecule has 2 amide bonds. The molecule has 8 nitrogen and oxygen atoms in total. The quantitative estimate of drug-likeness (QED) is 0.463. The number of amides is 2. The van der Waals surface area contributed by atoms with Crippen molar-refractivity contribution in [1.29, 1.82) is 0 Å². The van der Waals surface area contributed by atoms with Crippen LogP contribution in [0.25, 0.3) is 11.3 Å². The molecule has 4 rings (SSSR count). The summed E-state index contributed by atoms with van der Waals surface area (Å²) in [4.78, 5) is 36.3. The van der Waals surface area contributed by atoms with Crippen LogP contribution in [0.15, 0.2) is 40.8 Å². The summed E-state index contributed by atoms with van der Waals surface area (Å²) < 4.78 is 5.61. The first-order valence-corrected chi connectivity index (χ1v) is 10.3. The van der Waals surface area contributed by atoms with Crippen LogP contribution in [-0.4, -0.2) is 16.7 Å². The zero-order chi connectivity index (χ0) is 21.4. The molecule has 3 N–H and O–H groups in total. The first kappa shape index (κ1) is 19.8. The number of nitrogens with one attached hydrogen (secondary N) is 1. The van der Waals surface area contributed by atoms with E-state index in [0.717, 1.165) is 29.7 Å². The number of nitro benzene ring substituents is 1. The first-order chi connectivity index (χ1) is 14.3. The van der Waals surface area contributed by atoms with Gasteiger partial charge in [0, 0.05) is 22.6 Å². The zero-order valence-electron chi connectivity index (χ0n) is 16.1. The minimum Gasteiger partial charge on any atom is -0.451 e. The number of carbonyl (C=O) groups is 2. The molecule has 1 aliphatic carbocycles. The van der Waals surface area contributed by atoms with Gasteiger partial charge in [0.2, 0.25) is 0 Å². The number of hydrogen-bond acceptors (Lipinski definition) is 6. The summed E-state index contributed by atoms with van der Waals surface area (Å²) in [5, 5.41) is 14.1. The van der Waals surface area contributed by atoms with Gasteiger partial charge in [0.15, 0.2) is 5.76 Å². The normalized spacial score (nSPS) is 15.4. The van der Waals surface area contributed by atoms with Crippen molar-refractivity contribution in [3.8, 4) is 11.3 Å². The molecule has 1 aromatic carbocycles. The highest BCUT2D eigenvalue weighted by molar-refractivity contribution is 7.17. The van der Waals surface area contributed by atoms with Crippen LogP contribution < -0.4 is 11.1 Å². The lowest BCUT2D eigenvalue weighted by molar-refractivity contribution is -0.384. The molecular formula is C21H19N3O5S. The van der Waals surface area contributed by atoms with Gasteiger partial charge < -0.3 is 15.5 Å². The van der Waals surface area contributed by atoms with E-state index in [1.807, 2.05) is 0 Å². The molecule has 0 saturated carbocycles. The Morgan fingerprint density at radius 2 is 2.10 bits per heavy atom. The van der Waals surface area contributed by atoms with E-state index in [2.05, 4.69) is 12.2 Å². The van der Waals surface area contributed by atoms with Gasteiger partial charge in [0.1, 0.15) is 10.8 Å². The van der Waals surface area contributed by atoms with Crippen molar-refractivity contribution in [2.75, 3.05) is 5.32 Å². The molecule has 0 aliphatic heterocycles. The van der Waals surface area contributed by atoms with Crippen molar-refractivity contribution < 1.29 is 18.9 Å². The number of nitro groups is 1. The van der Waals surface area contributed by atoms with Gasteiger partial charge in [-0.05, 0) is 42.9 Å². The van der Waals surface area contributed by atoms with Gasteiger partial charge >= 0.3 is 0 Å². The van der Waals surface area contributed by atoms with Gasteiger partial charge in [-0.3, -0.25) is 19.7 Å². The molecule has 30 heavy (non-hydrogen) atoms. The van der Waals surface area contributed by atoms with E-state index in [9.17, 15) is 19.7 Å². The molecule has 0 radical (unpaired) electrons. The minimum atomic E-state index is -0.561. The summed E-state index contributed by atoms with van der Waals surface area (Å²) in [6.07, 6.45) is 2.59. The standard InChI is InChI=1S/C21H19N3O5S/c1-11-5-6-14-17(9-11)30-21(18(14)19(22)25)23-20(26)16-8-7-15(29-16)12-3-2-4-13(10-12)24(27)28/h2-4,7-8,10-11H,5-6,9H2,1H3,(H2,22,25)(H,23,26)/t11-/m0/s1. The van der Waals surface area contributed by atoms with Gasteiger partial charge in [0.25, 0.3) is 17.5 Å². The van der Waals surface area contributed by atoms with Crippen LogP contribution in [0.2, 0.25) is 0 Å². The third-order valence-corrected chi connectivity index (χ3v) is 6.33. The highest BCUT2D eigenvalue weighted by Gasteiger charge is 2.28. The predicted molar refractivity (Wildman–Crippen MR) is 113 cm³/mol. The second-order valence-electron chi connectivity index (χ2n) is 7.35. The van der Waals surface area contributed by atoms with E-state index in [0.29, 0.717) is 27.8 Å². The Hall–Kier alpha value is -3.46. The van der Waals surface area contributed by atoms with Crippen molar-refractivity contribution >= 4 is 33.8 Å². The number of hydrogen-bond donors (Lipinski definition) is 2. The maximum Gasteiger partial charge on any atom is 0.292 e. The van der Waals surface area contributed by atoms with Crippen molar-refractivity contribution in [3.05, 3.63) is 68.3 Å². The number of furan rings is 1. The third kappa shape index (κ3) is 3.71. The number of nitrogens with zero attached hydrogens (tertiary/aromatic N) is 1. The van der Waals surface area contributed by atoms with Gasteiger partial charge in [-0.15, -0.1) is 11.3 Å². The fourth-order valence-corrected chi connectivity index (χ4v) is 5.06.